The first-order valence-corrected chi connectivity index (χ1v) is 7.36. The van der Waals surface area contributed by atoms with Crippen molar-refractivity contribution < 1.29 is 0 Å². The van der Waals surface area contributed by atoms with E-state index in [1.165, 1.54) is 11.3 Å². The van der Waals surface area contributed by atoms with Crippen LogP contribution in [0, 0.1) is 0 Å². The summed E-state index contributed by atoms with van der Waals surface area (Å²) in [4.78, 5) is 8.06. The molecule has 0 atom stereocenters. The molecule has 5 heteroatoms. The van der Waals surface area contributed by atoms with Gasteiger partial charge in [0.05, 0.1) is 16.7 Å². The number of aromatic nitrogens is 3. The van der Waals surface area contributed by atoms with Crippen LogP contribution in [-0.2, 0) is 12.8 Å². The van der Waals surface area contributed by atoms with Gasteiger partial charge >= 0.3 is 0 Å². The number of halogens is 1. The second kappa shape index (κ2) is 4.98. The first kappa shape index (κ1) is 12.7. The predicted molar refractivity (Wildman–Crippen MR) is 81.8 cm³/mol. The van der Waals surface area contributed by atoms with Crippen molar-refractivity contribution in [1.82, 2.24) is 19.7 Å². The Morgan fingerprint density at radius 3 is 3.00 bits per heavy atom. The van der Waals surface area contributed by atoms with E-state index in [1.807, 2.05) is 7.05 Å². The minimum atomic E-state index is 0.904. The highest BCUT2D eigenvalue weighted by atomic mass is 79.9. The van der Waals surface area contributed by atoms with Crippen LogP contribution < -0.4 is 5.32 Å². The number of nitrogens with zero attached hydrogens (tertiary/aromatic N) is 2. The molecule has 2 heterocycles. The second-order valence-corrected chi connectivity index (χ2v) is 5.45. The average molecular weight is 321 g/mol. The quantitative estimate of drug-likeness (QED) is 0.776. The van der Waals surface area contributed by atoms with Gasteiger partial charge in [-0.3, -0.25) is 4.40 Å². The van der Waals surface area contributed by atoms with Crippen molar-refractivity contribution >= 4 is 32.7 Å². The van der Waals surface area contributed by atoms with Crippen LogP contribution in [0.25, 0.3) is 16.8 Å². The molecule has 2 N–H and O–H groups in total. The van der Waals surface area contributed by atoms with Gasteiger partial charge in [-0.25, -0.2) is 4.98 Å². The number of hydrogen-bond donors (Lipinski definition) is 2. The molecule has 0 aliphatic carbocycles. The third kappa shape index (κ3) is 2.07. The number of aromatic amines is 1. The Hall–Kier alpha value is -1.33. The Labute approximate surface area is 120 Å². The molecule has 0 saturated heterocycles. The molecule has 0 unspecified atom stereocenters. The lowest BCUT2D eigenvalue weighted by atomic mass is 10.1. The highest BCUT2D eigenvalue weighted by Gasteiger charge is 2.13. The summed E-state index contributed by atoms with van der Waals surface area (Å²) in [5, 5.41) is 3.16. The van der Waals surface area contributed by atoms with Gasteiger partial charge < -0.3 is 10.3 Å². The lowest BCUT2D eigenvalue weighted by Crippen LogP contribution is -2.10. The van der Waals surface area contributed by atoms with Crippen LogP contribution in [0.3, 0.4) is 0 Å². The molecular formula is C14H17BrN4. The van der Waals surface area contributed by atoms with Crippen molar-refractivity contribution in [3.05, 3.63) is 34.1 Å². The first-order valence-electron chi connectivity index (χ1n) is 6.56. The van der Waals surface area contributed by atoms with Gasteiger partial charge in [0.15, 0.2) is 0 Å². The predicted octanol–water partition coefficient (Wildman–Crippen LogP) is 2.90. The fourth-order valence-corrected chi connectivity index (χ4v) is 3.02. The Morgan fingerprint density at radius 1 is 1.42 bits per heavy atom. The second-order valence-electron chi connectivity index (χ2n) is 4.70. The molecule has 0 bridgehead atoms. The average Bonchev–Trinajstić information content (AvgIpc) is 2.92. The molecule has 2 aromatic heterocycles. The van der Waals surface area contributed by atoms with Crippen molar-refractivity contribution in [3.63, 3.8) is 0 Å². The van der Waals surface area contributed by atoms with Crippen LogP contribution in [0.4, 0.5) is 0 Å². The van der Waals surface area contributed by atoms with Crippen LogP contribution >= 0.6 is 15.9 Å². The summed E-state index contributed by atoms with van der Waals surface area (Å²) in [6, 6.07) is 6.48. The summed E-state index contributed by atoms with van der Waals surface area (Å²) in [7, 11) is 1.96. The molecule has 4 nitrogen and oxygen atoms in total. The van der Waals surface area contributed by atoms with E-state index in [9.17, 15) is 0 Å². The molecule has 3 rings (SSSR count). The third-order valence-electron chi connectivity index (χ3n) is 3.46. The topological polar surface area (TPSA) is 45.1 Å². The zero-order valence-electron chi connectivity index (χ0n) is 11.1. The lowest BCUT2D eigenvalue weighted by Gasteiger charge is -1.99. The Bertz CT molecular complexity index is 726. The number of rotatable bonds is 4. The summed E-state index contributed by atoms with van der Waals surface area (Å²) < 4.78 is 3.21. The molecule has 3 aromatic rings. The van der Waals surface area contributed by atoms with Crippen LogP contribution in [-0.4, -0.2) is 28.0 Å². The summed E-state index contributed by atoms with van der Waals surface area (Å²) >= 11 is 3.68. The minimum Gasteiger partial charge on any atom is -0.326 e. The molecule has 0 aliphatic heterocycles. The Kier molecular flexibility index (Phi) is 3.33. The zero-order valence-corrected chi connectivity index (χ0v) is 12.7. The van der Waals surface area contributed by atoms with Gasteiger partial charge in [0.1, 0.15) is 4.60 Å². The van der Waals surface area contributed by atoms with Crippen LogP contribution in [0.2, 0.25) is 0 Å². The number of nitrogens with one attached hydrogen (secondary N) is 2. The number of fused-ring (bicyclic) bond motifs is 3. The maximum atomic E-state index is 4.67. The van der Waals surface area contributed by atoms with Gasteiger partial charge in [-0.15, -0.1) is 0 Å². The molecule has 0 saturated carbocycles. The van der Waals surface area contributed by atoms with Gasteiger partial charge in [0.2, 0.25) is 5.78 Å². The highest BCUT2D eigenvalue weighted by molar-refractivity contribution is 9.10. The maximum Gasteiger partial charge on any atom is 0.213 e. The van der Waals surface area contributed by atoms with Crippen molar-refractivity contribution in [1.29, 1.82) is 0 Å². The van der Waals surface area contributed by atoms with Gasteiger partial charge in [-0.2, -0.15) is 0 Å². The van der Waals surface area contributed by atoms with E-state index in [4.69, 9.17) is 0 Å². The van der Waals surface area contributed by atoms with Crippen LogP contribution in [0.1, 0.15) is 18.2 Å². The highest BCUT2D eigenvalue weighted by Crippen LogP contribution is 2.25. The molecule has 0 amide bonds. The molecule has 100 valence electrons. The molecule has 19 heavy (non-hydrogen) atoms. The standard InChI is InChI=1S/C14H17BrN4/c1-3-9-4-5-12-11(8-9)18-14-17-10(6-7-16-2)13(15)19(12)14/h4-5,8,16H,3,6-7H2,1-2H3,(H,17,18). The Morgan fingerprint density at radius 2 is 2.26 bits per heavy atom. The van der Waals surface area contributed by atoms with Crippen molar-refractivity contribution in [2.75, 3.05) is 13.6 Å². The van der Waals surface area contributed by atoms with Gasteiger partial charge in [-0.05, 0) is 47.1 Å². The molecular weight excluding hydrogens is 304 g/mol. The van der Waals surface area contributed by atoms with Crippen molar-refractivity contribution in [2.45, 2.75) is 19.8 Å². The van der Waals surface area contributed by atoms with Crippen LogP contribution in [0.5, 0.6) is 0 Å². The Balaban J connectivity index is 2.16. The van der Waals surface area contributed by atoms with Crippen molar-refractivity contribution in [2.24, 2.45) is 0 Å². The number of imidazole rings is 2. The van der Waals surface area contributed by atoms with E-state index in [0.29, 0.717) is 0 Å². The van der Waals surface area contributed by atoms with E-state index in [0.717, 1.165) is 40.8 Å². The largest absolute Gasteiger partial charge is 0.326 e. The summed E-state index contributed by atoms with van der Waals surface area (Å²) in [5.74, 6) is 0.904. The third-order valence-corrected chi connectivity index (χ3v) is 4.29. The minimum absolute atomic E-state index is 0.904. The number of likely N-dealkylation sites (N-methyl/N-ethyl adjacent to an activating group) is 1. The lowest BCUT2D eigenvalue weighted by molar-refractivity contribution is 0.777. The SMILES string of the molecule is CCc1ccc2c(c1)nc1[nH]c(CCNC)c(Br)n12. The molecule has 1 aromatic carbocycles. The molecule has 0 aliphatic rings. The fourth-order valence-electron chi connectivity index (χ4n) is 2.37. The van der Waals surface area contributed by atoms with E-state index >= 15 is 0 Å². The number of hydrogen-bond acceptors (Lipinski definition) is 2. The zero-order chi connectivity index (χ0) is 13.4. The van der Waals surface area contributed by atoms with Crippen LogP contribution in [0.15, 0.2) is 22.8 Å². The summed E-state index contributed by atoms with van der Waals surface area (Å²) in [5.41, 5.74) is 4.69. The van der Waals surface area contributed by atoms with Crippen molar-refractivity contribution in [3.8, 4) is 0 Å². The molecule has 0 fully saturated rings. The summed E-state index contributed by atoms with van der Waals surface area (Å²) in [6.45, 7) is 3.11. The molecule has 0 radical (unpaired) electrons. The van der Waals surface area contributed by atoms with Gasteiger partial charge in [0.25, 0.3) is 0 Å². The smallest absolute Gasteiger partial charge is 0.213 e. The monoisotopic (exact) mass is 320 g/mol. The van der Waals surface area contributed by atoms with E-state index in [2.05, 4.69) is 60.7 Å². The first-order chi connectivity index (χ1) is 9.24. The van der Waals surface area contributed by atoms with E-state index in [-0.39, 0.29) is 0 Å². The number of benzene rings is 1. The van der Waals surface area contributed by atoms with Gasteiger partial charge in [0, 0.05) is 13.0 Å². The maximum absolute atomic E-state index is 4.67. The van der Waals surface area contributed by atoms with E-state index in [1.54, 1.807) is 0 Å². The van der Waals surface area contributed by atoms with Gasteiger partial charge in [-0.1, -0.05) is 13.0 Å². The molecule has 0 spiro atoms. The number of H-pyrrole nitrogens is 1. The van der Waals surface area contributed by atoms with E-state index < -0.39 is 0 Å². The summed E-state index contributed by atoms with van der Waals surface area (Å²) in [6.07, 6.45) is 1.99. The normalized spacial score (nSPS) is 11.7. The fraction of sp³-hybridized carbons (Fsp3) is 0.357. The number of aryl methyl sites for hydroxylation is 1.